The summed E-state index contributed by atoms with van der Waals surface area (Å²) in [5.41, 5.74) is 2.53. The fourth-order valence-corrected chi connectivity index (χ4v) is 2.92. The number of aromatic amines is 1. The fourth-order valence-electron chi connectivity index (χ4n) is 2.92. The molecular weight excluding hydrogens is 374 g/mol. The van der Waals surface area contributed by atoms with Crippen LogP contribution in [0.5, 0.6) is 0 Å². The zero-order valence-corrected chi connectivity index (χ0v) is 15.6. The highest BCUT2D eigenvalue weighted by Gasteiger charge is 2.23. The number of aromatic nitrogens is 1. The van der Waals surface area contributed by atoms with Crippen molar-refractivity contribution >= 4 is 28.9 Å². The Bertz CT molecular complexity index is 1000. The van der Waals surface area contributed by atoms with E-state index in [1.807, 2.05) is 54.6 Å². The van der Waals surface area contributed by atoms with Gasteiger partial charge in [-0.25, -0.2) is 4.79 Å². The molecule has 1 aromatic heterocycles. The van der Waals surface area contributed by atoms with E-state index in [0.717, 1.165) is 22.0 Å². The molecule has 0 fully saturated rings. The van der Waals surface area contributed by atoms with Crippen molar-refractivity contribution in [3.63, 3.8) is 0 Å². The molecule has 3 aromatic rings. The number of carboxylic acid groups (broad SMARTS) is 1. The van der Waals surface area contributed by atoms with Gasteiger partial charge in [0.1, 0.15) is 19.2 Å². The molecule has 0 radical (unpaired) electrons. The van der Waals surface area contributed by atoms with E-state index in [2.05, 4.69) is 15.6 Å². The summed E-state index contributed by atoms with van der Waals surface area (Å²) in [6.07, 6.45) is 1.18. The van der Waals surface area contributed by atoms with Gasteiger partial charge in [-0.05, 0) is 17.2 Å². The number of hydrogen-bond acceptors (Lipinski definition) is 4. The normalized spacial score (nSPS) is 11.6. The minimum atomic E-state index is -1.17. The molecular formula is C21H21N3O5. The van der Waals surface area contributed by atoms with Crippen LogP contribution in [-0.2, 0) is 27.4 Å². The SMILES string of the molecule is O=C(O)CNC(=O)[C@H](Cc1c[nH]c2ccccc12)NC(=O)OCc1ccccc1. The van der Waals surface area contributed by atoms with Crippen LogP contribution in [0.15, 0.2) is 60.8 Å². The maximum atomic E-state index is 12.5. The molecule has 3 rings (SSSR count). The van der Waals surface area contributed by atoms with Crippen molar-refractivity contribution in [2.45, 2.75) is 19.1 Å². The van der Waals surface area contributed by atoms with E-state index >= 15 is 0 Å². The molecule has 1 atom stereocenters. The third kappa shape index (κ3) is 5.58. The number of nitrogens with one attached hydrogen (secondary N) is 3. The number of ether oxygens (including phenoxy) is 1. The molecule has 0 aliphatic carbocycles. The summed E-state index contributed by atoms with van der Waals surface area (Å²) in [6, 6.07) is 15.7. The number of carboxylic acids is 1. The van der Waals surface area contributed by atoms with Gasteiger partial charge in [0.25, 0.3) is 0 Å². The van der Waals surface area contributed by atoms with Crippen LogP contribution >= 0.6 is 0 Å². The number of amides is 2. The average molecular weight is 395 g/mol. The number of para-hydroxylation sites is 1. The highest BCUT2D eigenvalue weighted by molar-refractivity contribution is 5.89. The number of carbonyl (C=O) groups is 3. The van der Waals surface area contributed by atoms with Crippen molar-refractivity contribution in [3.8, 4) is 0 Å². The number of alkyl carbamates (subject to hydrolysis) is 1. The Morgan fingerprint density at radius 3 is 2.52 bits per heavy atom. The summed E-state index contributed by atoms with van der Waals surface area (Å²) in [5, 5.41) is 14.6. The minimum Gasteiger partial charge on any atom is -0.480 e. The average Bonchev–Trinajstić information content (AvgIpc) is 3.13. The van der Waals surface area contributed by atoms with Crippen LogP contribution in [0.3, 0.4) is 0 Å². The first kappa shape index (κ1) is 19.9. The molecule has 8 nitrogen and oxygen atoms in total. The lowest BCUT2D eigenvalue weighted by Gasteiger charge is -2.18. The number of hydrogen-bond donors (Lipinski definition) is 4. The standard InChI is InChI=1S/C21H21N3O5/c25-19(26)12-23-20(27)18(10-15-11-22-17-9-5-4-8-16(15)17)24-21(28)29-13-14-6-2-1-3-7-14/h1-9,11,18,22H,10,12-13H2,(H,23,27)(H,24,28)(H,25,26)/t18-/m0/s1. The van der Waals surface area contributed by atoms with Crippen molar-refractivity contribution in [1.82, 2.24) is 15.6 Å². The second-order valence-corrected chi connectivity index (χ2v) is 6.43. The maximum Gasteiger partial charge on any atom is 0.408 e. The van der Waals surface area contributed by atoms with Crippen LogP contribution in [0.4, 0.5) is 4.79 Å². The van der Waals surface area contributed by atoms with E-state index in [4.69, 9.17) is 9.84 Å². The molecule has 8 heteroatoms. The highest BCUT2D eigenvalue weighted by Crippen LogP contribution is 2.19. The van der Waals surface area contributed by atoms with E-state index in [1.165, 1.54) is 0 Å². The second kappa shape index (κ2) is 9.41. The van der Waals surface area contributed by atoms with Gasteiger partial charge in [-0.2, -0.15) is 0 Å². The van der Waals surface area contributed by atoms with Crippen molar-refractivity contribution in [1.29, 1.82) is 0 Å². The zero-order valence-electron chi connectivity index (χ0n) is 15.6. The molecule has 0 bridgehead atoms. The third-order valence-electron chi connectivity index (χ3n) is 4.33. The number of benzene rings is 2. The summed E-state index contributed by atoms with van der Waals surface area (Å²) in [5.74, 6) is -1.77. The first-order valence-electron chi connectivity index (χ1n) is 9.04. The van der Waals surface area contributed by atoms with Gasteiger partial charge in [0.2, 0.25) is 5.91 Å². The van der Waals surface area contributed by atoms with Gasteiger partial charge in [-0.1, -0.05) is 48.5 Å². The lowest BCUT2D eigenvalue weighted by Crippen LogP contribution is -2.49. The lowest BCUT2D eigenvalue weighted by molar-refractivity contribution is -0.138. The Labute approximate surface area is 166 Å². The van der Waals surface area contributed by atoms with Crippen LogP contribution in [0.1, 0.15) is 11.1 Å². The topological polar surface area (TPSA) is 121 Å². The number of carbonyl (C=O) groups excluding carboxylic acids is 2. The van der Waals surface area contributed by atoms with Gasteiger partial charge in [0, 0.05) is 23.5 Å². The van der Waals surface area contributed by atoms with E-state index in [9.17, 15) is 14.4 Å². The van der Waals surface area contributed by atoms with E-state index in [1.54, 1.807) is 6.20 Å². The Morgan fingerprint density at radius 1 is 1.03 bits per heavy atom. The summed E-state index contributed by atoms with van der Waals surface area (Å²) in [7, 11) is 0. The summed E-state index contributed by atoms with van der Waals surface area (Å²) >= 11 is 0. The number of H-pyrrole nitrogens is 1. The molecule has 0 saturated heterocycles. The number of rotatable bonds is 8. The van der Waals surface area contributed by atoms with Gasteiger partial charge < -0.3 is 25.5 Å². The lowest BCUT2D eigenvalue weighted by atomic mass is 10.0. The van der Waals surface area contributed by atoms with Crippen molar-refractivity contribution in [2.75, 3.05) is 6.54 Å². The first-order valence-corrected chi connectivity index (χ1v) is 9.04. The molecule has 150 valence electrons. The zero-order chi connectivity index (χ0) is 20.6. The van der Waals surface area contributed by atoms with Crippen molar-refractivity contribution in [2.24, 2.45) is 0 Å². The summed E-state index contributed by atoms with van der Waals surface area (Å²) in [6.45, 7) is -0.479. The molecule has 0 saturated carbocycles. The van der Waals surface area contributed by atoms with Gasteiger partial charge in [-0.15, -0.1) is 0 Å². The van der Waals surface area contributed by atoms with E-state index in [-0.39, 0.29) is 13.0 Å². The van der Waals surface area contributed by atoms with Gasteiger partial charge in [0.05, 0.1) is 0 Å². The maximum absolute atomic E-state index is 12.5. The molecule has 4 N–H and O–H groups in total. The molecule has 2 amide bonds. The second-order valence-electron chi connectivity index (χ2n) is 6.43. The van der Waals surface area contributed by atoms with Crippen LogP contribution < -0.4 is 10.6 Å². The Hall–Kier alpha value is -3.81. The molecule has 0 aliphatic rings. The molecule has 2 aromatic carbocycles. The molecule has 29 heavy (non-hydrogen) atoms. The Morgan fingerprint density at radius 2 is 1.76 bits per heavy atom. The van der Waals surface area contributed by atoms with Crippen LogP contribution in [0.25, 0.3) is 10.9 Å². The Balaban J connectivity index is 1.69. The first-order chi connectivity index (χ1) is 14.0. The number of fused-ring (bicyclic) bond motifs is 1. The van der Waals surface area contributed by atoms with Gasteiger partial charge in [0.15, 0.2) is 0 Å². The van der Waals surface area contributed by atoms with Crippen LogP contribution in [0, 0.1) is 0 Å². The molecule has 1 heterocycles. The summed E-state index contributed by atoms with van der Waals surface area (Å²) in [4.78, 5) is 38.6. The van der Waals surface area contributed by atoms with Crippen LogP contribution in [0.2, 0.25) is 0 Å². The highest BCUT2D eigenvalue weighted by atomic mass is 16.5. The minimum absolute atomic E-state index is 0.0588. The predicted octanol–water partition coefficient (Wildman–Crippen LogP) is 2.21. The number of aliphatic carboxylic acids is 1. The molecule has 0 aliphatic heterocycles. The van der Waals surface area contributed by atoms with Gasteiger partial charge >= 0.3 is 12.1 Å². The van der Waals surface area contributed by atoms with Crippen molar-refractivity contribution in [3.05, 3.63) is 71.9 Å². The monoisotopic (exact) mass is 395 g/mol. The van der Waals surface area contributed by atoms with Crippen LogP contribution in [-0.4, -0.2) is 40.6 Å². The predicted molar refractivity (Wildman–Crippen MR) is 106 cm³/mol. The van der Waals surface area contributed by atoms with E-state index in [0.29, 0.717) is 0 Å². The van der Waals surface area contributed by atoms with E-state index < -0.39 is 30.6 Å². The van der Waals surface area contributed by atoms with Gasteiger partial charge in [-0.3, -0.25) is 9.59 Å². The fraction of sp³-hybridized carbons (Fsp3) is 0.190. The third-order valence-corrected chi connectivity index (χ3v) is 4.33. The Kier molecular flexibility index (Phi) is 6.47. The smallest absolute Gasteiger partial charge is 0.408 e. The quantitative estimate of drug-likeness (QED) is 0.466. The molecule has 0 spiro atoms. The van der Waals surface area contributed by atoms with Crippen molar-refractivity contribution < 1.29 is 24.2 Å². The largest absolute Gasteiger partial charge is 0.480 e. The molecule has 0 unspecified atom stereocenters. The summed E-state index contributed by atoms with van der Waals surface area (Å²) < 4.78 is 5.19.